The molecule has 2 aromatic heterocycles. The van der Waals surface area contributed by atoms with Gasteiger partial charge in [-0.2, -0.15) is 4.98 Å². The number of fused-ring (bicyclic) bond motifs is 2. The van der Waals surface area contributed by atoms with Crippen molar-refractivity contribution in [2.75, 3.05) is 23.3 Å². The zero-order valence-electron chi connectivity index (χ0n) is 17.8. The van der Waals surface area contributed by atoms with E-state index < -0.39 is 0 Å². The van der Waals surface area contributed by atoms with Crippen molar-refractivity contribution in [3.63, 3.8) is 0 Å². The Balaban J connectivity index is 1.32. The fourth-order valence-corrected chi connectivity index (χ4v) is 4.77. The molecule has 5 rings (SSSR count). The number of hydrogen-bond donors (Lipinski definition) is 1. The van der Waals surface area contributed by atoms with Crippen LogP contribution in [0.1, 0.15) is 38.6 Å². The summed E-state index contributed by atoms with van der Waals surface area (Å²) in [6.07, 6.45) is 2.31. The van der Waals surface area contributed by atoms with Gasteiger partial charge in [-0.15, -0.1) is 10.2 Å². The second-order valence-corrected chi connectivity index (χ2v) is 9.03. The van der Waals surface area contributed by atoms with Crippen molar-refractivity contribution in [3.05, 3.63) is 35.2 Å². The average molecular weight is 444 g/mol. The van der Waals surface area contributed by atoms with Gasteiger partial charge in [-0.05, 0) is 56.7 Å². The molecule has 9 nitrogen and oxygen atoms in total. The molecule has 2 bridgehead atoms. The molecule has 1 saturated heterocycles. The largest absolute Gasteiger partial charge is 0.424 e. The van der Waals surface area contributed by atoms with Crippen LogP contribution in [0.15, 0.2) is 28.7 Å². The van der Waals surface area contributed by atoms with E-state index in [2.05, 4.69) is 44.3 Å². The van der Waals surface area contributed by atoms with E-state index >= 15 is 0 Å². The summed E-state index contributed by atoms with van der Waals surface area (Å²) in [6.45, 7) is 7.69. The van der Waals surface area contributed by atoms with E-state index in [0.717, 1.165) is 25.9 Å². The molecule has 0 unspecified atom stereocenters. The molecule has 0 spiro atoms. The summed E-state index contributed by atoms with van der Waals surface area (Å²) in [5.74, 6) is 2.76. The molecule has 3 heterocycles. The van der Waals surface area contributed by atoms with Gasteiger partial charge in [0.15, 0.2) is 0 Å². The van der Waals surface area contributed by atoms with Gasteiger partial charge >= 0.3 is 12.0 Å². The lowest BCUT2D eigenvalue weighted by Gasteiger charge is -2.37. The summed E-state index contributed by atoms with van der Waals surface area (Å²) in [5, 5.41) is 17.0. The number of nitrogens with one attached hydrogen (secondary N) is 1. The van der Waals surface area contributed by atoms with Gasteiger partial charge in [-0.3, -0.25) is 0 Å². The zero-order valence-corrected chi connectivity index (χ0v) is 18.6. The molecule has 31 heavy (non-hydrogen) atoms. The normalized spacial score (nSPS) is 22.9. The highest BCUT2D eigenvalue weighted by atomic mass is 35.5. The lowest BCUT2D eigenvalue weighted by Crippen LogP contribution is -2.48. The number of benzene rings is 1. The number of aryl methyl sites for hydroxylation is 1. The molecule has 1 aliphatic heterocycles. The Morgan fingerprint density at radius 2 is 1.97 bits per heavy atom. The summed E-state index contributed by atoms with van der Waals surface area (Å²) in [5.41, 5.74) is 0. The number of anilines is 2. The van der Waals surface area contributed by atoms with Gasteiger partial charge in [0.05, 0.1) is 6.04 Å². The highest BCUT2D eigenvalue weighted by Crippen LogP contribution is 2.40. The Kier molecular flexibility index (Phi) is 5.21. The predicted molar refractivity (Wildman–Crippen MR) is 117 cm³/mol. The van der Waals surface area contributed by atoms with Gasteiger partial charge in [0, 0.05) is 31.1 Å². The fourth-order valence-electron chi connectivity index (χ4n) is 4.59. The first kappa shape index (κ1) is 20.1. The first-order valence-corrected chi connectivity index (χ1v) is 11.1. The summed E-state index contributed by atoms with van der Waals surface area (Å²) >= 11 is 6.09. The van der Waals surface area contributed by atoms with E-state index in [-0.39, 0.29) is 6.04 Å². The number of nitrogens with zero attached hydrogens (tertiary/aromatic N) is 6. The SMILES string of the molecule is Cc1nnc(N2C[C@H]3CC[C@@H](C2)[C@H]3Nc2nc(Oc3cccc(Cl)c3)n(C(C)C)n2)o1. The topological polar surface area (TPSA) is 94.1 Å². The number of rotatable bonds is 6. The molecule has 1 saturated carbocycles. The summed E-state index contributed by atoms with van der Waals surface area (Å²) in [4.78, 5) is 6.85. The van der Waals surface area contributed by atoms with E-state index in [4.69, 9.17) is 20.8 Å². The maximum absolute atomic E-state index is 6.09. The third kappa shape index (κ3) is 4.06. The molecule has 0 radical (unpaired) electrons. The molecule has 1 aliphatic carbocycles. The third-order valence-electron chi connectivity index (χ3n) is 6.01. The second-order valence-electron chi connectivity index (χ2n) is 8.59. The second kappa shape index (κ2) is 8.03. The standard InChI is InChI=1S/C21H26ClN7O2/c1-12(2)29-20(31-17-6-4-5-16(22)9-17)24-19(27-29)23-18-14-7-8-15(18)11-28(10-14)21-26-25-13(3)30-21/h4-6,9,12,14-15,18H,7-8,10-11H2,1-3H3,(H,23,27)/t14-,15+,18+. The first-order chi connectivity index (χ1) is 15.0. The number of hydrogen-bond acceptors (Lipinski definition) is 8. The van der Waals surface area contributed by atoms with E-state index in [1.54, 1.807) is 10.7 Å². The maximum Gasteiger partial charge on any atom is 0.322 e. The van der Waals surface area contributed by atoms with E-state index in [0.29, 0.717) is 52.5 Å². The minimum absolute atomic E-state index is 0.108. The Labute approximate surface area is 185 Å². The van der Waals surface area contributed by atoms with Gasteiger partial charge in [0.25, 0.3) is 0 Å². The first-order valence-electron chi connectivity index (χ1n) is 10.7. The van der Waals surface area contributed by atoms with Crippen molar-refractivity contribution in [1.29, 1.82) is 0 Å². The highest BCUT2D eigenvalue weighted by Gasteiger charge is 2.43. The van der Waals surface area contributed by atoms with E-state index in [9.17, 15) is 0 Å². The van der Waals surface area contributed by atoms with Crippen molar-refractivity contribution in [2.45, 2.75) is 45.7 Å². The monoisotopic (exact) mass is 443 g/mol. The van der Waals surface area contributed by atoms with E-state index in [1.807, 2.05) is 25.1 Å². The highest BCUT2D eigenvalue weighted by molar-refractivity contribution is 6.30. The maximum atomic E-state index is 6.09. The molecule has 0 amide bonds. The van der Waals surface area contributed by atoms with Gasteiger partial charge in [-0.25, -0.2) is 4.68 Å². The summed E-state index contributed by atoms with van der Waals surface area (Å²) < 4.78 is 13.4. The minimum Gasteiger partial charge on any atom is -0.424 e. The molecule has 2 fully saturated rings. The van der Waals surface area contributed by atoms with Crippen LogP contribution in [-0.4, -0.2) is 44.1 Å². The van der Waals surface area contributed by atoms with Crippen molar-refractivity contribution in [2.24, 2.45) is 11.8 Å². The van der Waals surface area contributed by atoms with Crippen LogP contribution >= 0.6 is 11.6 Å². The number of aromatic nitrogens is 5. The lowest BCUT2D eigenvalue weighted by molar-refractivity contribution is 0.356. The predicted octanol–water partition coefficient (Wildman–Crippen LogP) is 4.32. The number of ether oxygens (including phenoxy) is 1. The number of halogens is 1. The fraction of sp³-hybridized carbons (Fsp3) is 0.524. The molecule has 10 heteroatoms. The lowest BCUT2D eigenvalue weighted by atomic mass is 9.92. The average Bonchev–Trinajstić information content (AvgIpc) is 3.39. The molecular formula is C21H26ClN7O2. The Morgan fingerprint density at radius 1 is 1.19 bits per heavy atom. The minimum atomic E-state index is 0.108. The Hall–Kier alpha value is -2.81. The summed E-state index contributed by atoms with van der Waals surface area (Å²) in [7, 11) is 0. The van der Waals surface area contributed by atoms with Crippen LogP contribution in [0.4, 0.5) is 12.0 Å². The quantitative estimate of drug-likeness (QED) is 0.601. The van der Waals surface area contributed by atoms with Crippen LogP contribution in [0.5, 0.6) is 11.8 Å². The molecule has 1 N–H and O–H groups in total. The van der Waals surface area contributed by atoms with Gasteiger partial charge in [0.2, 0.25) is 11.8 Å². The van der Waals surface area contributed by atoms with Crippen LogP contribution in [-0.2, 0) is 0 Å². The van der Waals surface area contributed by atoms with Gasteiger partial charge in [-0.1, -0.05) is 22.8 Å². The molecule has 1 aromatic carbocycles. The number of piperidine rings is 1. The van der Waals surface area contributed by atoms with Crippen molar-refractivity contribution >= 4 is 23.6 Å². The van der Waals surface area contributed by atoms with Crippen molar-refractivity contribution in [3.8, 4) is 11.8 Å². The molecule has 3 aromatic rings. The van der Waals surface area contributed by atoms with Crippen LogP contribution in [0, 0.1) is 18.8 Å². The van der Waals surface area contributed by atoms with Crippen LogP contribution in [0.25, 0.3) is 0 Å². The molecular weight excluding hydrogens is 418 g/mol. The van der Waals surface area contributed by atoms with Crippen LogP contribution in [0.3, 0.4) is 0 Å². The summed E-state index contributed by atoms with van der Waals surface area (Å²) in [6, 6.07) is 8.77. The van der Waals surface area contributed by atoms with Crippen molar-refractivity contribution in [1.82, 2.24) is 25.0 Å². The Bertz CT molecular complexity index is 1050. The van der Waals surface area contributed by atoms with Crippen LogP contribution in [0.2, 0.25) is 5.02 Å². The van der Waals surface area contributed by atoms with Gasteiger partial charge < -0.3 is 19.4 Å². The zero-order chi connectivity index (χ0) is 21.5. The molecule has 3 atom stereocenters. The van der Waals surface area contributed by atoms with Crippen LogP contribution < -0.4 is 15.0 Å². The van der Waals surface area contributed by atoms with Crippen molar-refractivity contribution < 1.29 is 9.15 Å². The van der Waals surface area contributed by atoms with Gasteiger partial charge in [0.1, 0.15) is 5.75 Å². The smallest absolute Gasteiger partial charge is 0.322 e. The third-order valence-corrected chi connectivity index (χ3v) is 6.24. The Morgan fingerprint density at radius 3 is 2.61 bits per heavy atom. The van der Waals surface area contributed by atoms with E-state index in [1.165, 1.54) is 0 Å². The molecule has 164 valence electrons. The molecule has 2 aliphatic rings.